The first-order valence-electron chi connectivity index (χ1n) is 7.37. The molecule has 0 aliphatic heterocycles. The van der Waals surface area contributed by atoms with Crippen LogP contribution in [0.15, 0.2) is 58.4 Å². The molecule has 0 bridgehead atoms. The molecule has 0 aliphatic rings. The minimum atomic E-state index is -3.54. The average Bonchev–Trinajstić information content (AvgIpc) is 2.60. The fourth-order valence-electron chi connectivity index (χ4n) is 1.97. The topological polar surface area (TPSA) is 106 Å². The quantitative estimate of drug-likeness (QED) is 0.230. The molecule has 4 N–H and O–H groups in total. The number of sulfonamides is 1. The van der Waals surface area contributed by atoms with Crippen molar-refractivity contribution >= 4 is 57.2 Å². The van der Waals surface area contributed by atoms with Crippen LogP contribution in [0.4, 0.5) is 5.69 Å². The van der Waals surface area contributed by atoms with Crippen molar-refractivity contribution in [1.82, 2.24) is 4.72 Å². The number of rotatable bonds is 7. The van der Waals surface area contributed by atoms with Crippen LogP contribution in [0.2, 0.25) is 5.02 Å². The monoisotopic (exact) mass is 510 g/mol. The van der Waals surface area contributed by atoms with Gasteiger partial charge in [0, 0.05) is 12.2 Å². The molecule has 0 radical (unpaired) electrons. The lowest BCUT2D eigenvalue weighted by molar-refractivity contribution is 0.415. The second-order valence-corrected chi connectivity index (χ2v) is 7.13. The van der Waals surface area contributed by atoms with Gasteiger partial charge in [-0.2, -0.15) is 0 Å². The van der Waals surface area contributed by atoms with Crippen molar-refractivity contribution < 1.29 is 13.2 Å². The maximum absolute atomic E-state index is 12.0. The van der Waals surface area contributed by atoms with Gasteiger partial charge in [-0.25, -0.2) is 13.1 Å². The Morgan fingerprint density at radius 2 is 1.92 bits per heavy atom. The summed E-state index contributed by atoms with van der Waals surface area (Å²) in [5.74, 6) is 0.707. The molecular weight excluding hydrogens is 491 g/mol. The maximum atomic E-state index is 12.0. The molecule has 26 heavy (non-hydrogen) atoms. The van der Waals surface area contributed by atoms with Gasteiger partial charge in [-0.1, -0.05) is 29.8 Å². The van der Waals surface area contributed by atoms with E-state index in [-0.39, 0.29) is 47.9 Å². The number of nitrogens with zero attached hydrogens (tertiary/aromatic N) is 1. The lowest BCUT2D eigenvalue weighted by Gasteiger charge is -2.09. The smallest absolute Gasteiger partial charge is 0.240 e. The Morgan fingerprint density at radius 3 is 2.54 bits per heavy atom. The molecule has 0 aliphatic carbocycles. The van der Waals surface area contributed by atoms with Crippen LogP contribution < -0.4 is 20.5 Å². The first kappa shape index (κ1) is 22.5. The van der Waals surface area contributed by atoms with Crippen molar-refractivity contribution in [3.05, 3.63) is 53.6 Å². The number of anilines is 1. The largest absolute Gasteiger partial charge is 0.495 e. The number of methoxy groups -OCH3 is 1. The van der Waals surface area contributed by atoms with E-state index in [1.165, 1.54) is 19.2 Å². The molecule has 2 aromatic carbocycles. The Labute approximate surface area is 175 Å². The van der Waals surface area contributed by atoms with Gasteiger partial charge in [0.2, 0.25) is 10.0 Å². The molecule has 0 saturated carbocycles. The standard InChI is InChI=1S/C16H19ClN4O3S.HI/c1-24-15-8-7-12(11-14(15)17)21-16(18)19-9-10-20-25(22,23)13-5-3-2-4-6-13;/h2-8,11,20H,9-10H2,1H3,(H3,18,19,21);1H. The summed E-state index contributed by atoms with van der Waals surface area (Å²) in [5, 5.41) is 3.31. The lowest BCUT2D eigenvalue weighted by Crippen LogP contribution is -2.28. The van der Waals surface area contributed by atoms with E-state index in [0.717, 1.165) is 0 Å². The summed E-state index contributed by atoms with van der Waals surface area (Å²) < 4.78 is 31.6. The molecule has 0 spiro atoms. The predicted octanol–water partition coefficient (Wildman–Crippen LogP) is 2.67. The summed E-state index contributed by atoms with van der Waals surface area (Å²) in [6.07, 6.45) is 0. The highest BCUT2D eigenvalue weighted by Gasteiger charge is 2.11. The third kappa shape index (κ3) is 6.63. The number of guanidine groups is 1. The Bertz CT molecular complexity index is 848. The van der Waals surface area contributed by atoms with Crippen LogP contribution in [-0.2, 0) is 10.0 Å². The number of nitrogens with one attached hydrogen (secondary N) is 2. The molecule has 0 fully saturated rings. The maximum Gasteiger partial charge on any atom is 0.240 e. The third-order valence-corrected chi connectivity index (χ3v) is 4.94. The molecule has 0 heterocycles. The van der Waals surface area contributed by atoms with Crippen molar-refractivity contribution in [2.24, 2.45) is 10.7 Å². The first-order chi connectivity index (χ1) is 11.9. The second-order valence-electron chi connectivity index (χ2n) is 4.95. The summed E-state index contributed by atoms with van der Waals surface area (Å²) in [6.45, 7) is 0.317. The van der Waals surface area contributed by atoms with Gasteiger partial charge >= 0.3 is 0 Å². The van der Waals surface area contributed by atoms with Gasteiger partial charge in [-0.05, 0) is 30.3 Å². The van der Waals surface area contributed by atoms with Gasteiger partial charge in [0.1, 0.15) is 5.75 Å². The Morgan fingerprint density at radius 1 is 1.23 bits per heavy atom. The summed E-state index contributed by atoms with van der Waals surface area (Å²) in [5.41, 5.74) is 6.42. The van der Waals surface area contributed by atoms with Crippen LogP contribution in [0, 0.1) is 0 Å². The SMILES string of the molecule is COc1ccc(NC(N)=NCCNS(=O)(=O)c2ccccc2)cc1Cl.I. The zero-order chi connectivity index (χ0) is 18.3. The van der Waals surface area contributed by atoms with Crippen molar-refractivity contribution in [2.45, 2.75) is 4.90 Å². The van der Waals surface area contributed by atoms with E-state index in [2.05, 4.69) is 15.0 Å². The van der Waals surface area contributed by atoms with Crippen LogP contribution in [0.3, 0.4) is 0 Å². The molecule has 142 valence electrons. The van der Waals surface area contributed by atoms with Crippen molar-refractivity contribution in [1.29, 1.82) is 0 Å². The highest BCUT2D eigenvalue weighted by atomic mass is 127. The fourth-order valence-corrected chi connectivity index (χ4v) is 3.27. The lowest BCUT2D eigenvalue weighted by atomic mass is 10.3. The Hall–Kier alpha value is -1.56. The molecule has 2 aromatic rings. The van der Waals surface area contributed by atoms with E-state index in [4.69, 9.17) is 22.1 Å². The zero-order valence-electron chi connectivity index (χ0n) is 14.0. The van der Waals surface area contributed by atoms with E-state index < -0.39 is 10.0 Å². The van der Waals surface area contributed by atoms with Crippen molar-refractivity contribution in [3.63, 3.8) is 0 Å². The number of nitrogens with two attached hydrogens (primary N) is 1. The summed E-state index contributed by atoms with van der Waals surface area (Å²) in [7, 11) is -2.01. The van der Waals surface area contributed by atoms with E-state index in [0.29, 0.717) is 16.5 Å². The average molecular weight is 511 g/mol. The number of halogens is 2. The first-order valence-corrected chi connectivity index (χ1v) is 9.23. The molecule has 0 unspecified atom stereocenters. The third-order valence-electron chi connectivity index (χ3n) is 3.16. The van der Waals surface area contributed by atoms with Gasteiger partial charge in [0.25, 0.3) is 0 Å². The van der Waals surface area contributed by atoms with E-state index in [1.54, 1.807) is 36.4 Å². The molecule has 0 amide bonds. The number of aliphatic imine (C=N–C) groups is 1. The highest BCUT2D eigenvalue weighted by Crippen LogP contribution is 2.26. The van der Waals surface area contributed by atoms with Crippen molar-refractivity contribution in [2.75, 3.05) is 25.5 Å². The molecule has 2 rings (SSSR count). The summed E-state index contributed by atoms with van der Waals surface area (Å²) in [6, 6.07) is 13.2. The number of hydrogen-bond acceptors (Lipinski definition) is 4. The molecule has 0 saturated heterocycles. The molecule has 0 aromatic heterocycles. The molecule has 10 heteroatoms. The van der Waals surface area contributed by atoms with E-state index >= 15 is 0 Å². The van der Waals surface area contributed by atoms with E-state index in [9.17, 15) is 8.42 Å². The van der Waals surface area contributed by atoms with Gasteiger partial charge < -0.3 is 15.8 Å². The summed E-state index contributed by atoms with van der Waals surface area (Å²) in [4.78, 5) is 4.28. The predicted molar refractivity (Wildman–Crippen MR) is 115 cm³/mol. The zero-order valence-corrected chi connectivity index (χ0v) is 17.9. The van der Waals surface area contributed by atoms with Crippen LogP contribution >= 0.6 is 35.6 Å². The minimum absolute atomic E-state index is 0. The van der Waals surface area contributed by atoms with Crippen LogP contribution in [0.5, 0.6) is 5.75 Å². The van der Waals surface area contributed by atoms with Crippen LogP contribution in [0.1, 0.15) is 0 Å². The molecule has 0 atom stereocenters. The van der Waals surface area contributed by atoms with Crippen LogP contribution in [-0.4, -0.2) is 34.6 Å². The number of hydrogen-bond donors (Lipinski definition) is 3. The van der Waals surface area contributed by atoms with Crippen molar-refractivity contribution in [3.8, 4) is 5.75 Å². The van der Waals surface area contributed by atoms with Gasteiger partial charge in [-0.3, -0.25) is 4.99 Å². The minimum Gasteiger partial charge on any atom is -0.495 e. The number of benzene rings is 2. The van der Waals surface area contributed by atoms with Gasteiger partial charge in [-0.15, -0.1) is 24.0 Å². The Balaban J connectivity index is 0.00000338. The summed E-state index contributed by atoms with van der Waals surface area (Å²) >= 11 is 6.03. The van der Waals surface area contributed by atoms with Gasteiger partial charge in [0.15, 0.2) is 5.96 Å². The number of ether oxygens (including phenoxy) is 1. The second kappa shape index (κ2) is 10.6. The van der Waals surface area contributed by atoms with Gasteiger partial charge in [0.05, 0.1) is 23.6 Å². The Kier molecular flexibility index (Phi) is 9.13. The van der Waals surface area contributed by atoms with Crippen LogP contribution in [0.25, 0.3) is 0 Å². The fraction of sp³-hybridized carbons (Fsp3) is 0.188. The van der Waals surface area contributed by atoms with E-state index in [1.807, 2.05) is 0 Å². The molecular formula is C16H20ClIN4O3S. The normalized spacial score (nSPS) is 11.5. The highest BCUT2D eigenvalue weighted by molar-refractivity contribution is 14.0. The molecule has 7 nitrogen and oxygen atoms in total.